The second kappa shape index (κ2) is 5.47. The summed E-state index contributed by atoms with van der Waals surface area (Å²) in [5.74, 6) is -0.468. The molecule has 86 valence electrons. The SMILES string of the molecule is C=C(C)C(=O)OC(Br)(Br)c1ccccc1Br. The lowest BCUT2D eigenvalue weighted by molar-refractivity contribution is -0.141. The van der Waals surface area contributed by atoms with E-state index in [1.807, 2.05) is 24.3 Å². The van der Waals surface area contributed by atoms with Gasteiger partial charge in [0, 0.05) is 15.6 Å². The zero-order chi connectivity index (χ0) is 12.3. The molecule has 0 N–H and O–H groups in total. The summed E-state index contributed by atoms with van der Waals surface area (Å²) < 4.78 is 5.02. The molecule has 0 aliphatic heterocycles. The van der Waals surface area contributed by atoms with Crippen LogP contribution in [0.5, 0.6) is 0 Å². The lowest BCUT2D eigenvalue weighted by atomic mass is 10.2. The lowest BCUT2D eigenvalue weighted by Crippen LogP contribution is -2.20. The van der Waals surface area contributed by atoms with Gasteiger partial charge >= 0.3 is 5.97 Å². The summed E-state index contributed by atoms with van der Waals surface area (Å²) in [5, 5.41) is 0. The minimum atomic E-state index is -1.05. The van der Waals surface area contributed by atoms with Crippen LogP contribution in [0.25, 0.3) is 0 Å². The van der Waals surface area contributed by atoms with Crippen molar-refractivity contribution in [3.05, 3.63) is 46.5 Å². The minimum Gasteiger partial charge on any atom is -0.429 e. The Morgan fingerprint density at radius 1 is 1.38 bits per heavy atom. The van der Waals surface area contributed by atoms with Crippen molar-refractivity contribution >= 4 is 53.8 Å². The molecular weight excluding hydrogens is 404 g/mol. The quantitative estimate of drug-likeness (QED) is 0.416. The van der Waals surface area contributed by atoms with E-state index >= 15 is 0 Å². The molecule has 5 heteroatoms. The summed E-state index contributed by atoms with van der Waals surface area (Å²) in [4.78, 5) is 11.4. The average Bonchev–Trinajstić information content (AvgIpc) is 2.17. The first-order chi connectivity index (χ1) is 7.34. The summed E-state index contributed by atoms with van der Waals surface area (Å²) in [5.41, 5.74) is 1.11. The van der Waals surface area contributed by atoms with Gasteiger partial charge in [0.1, 0.15) is 0 Å². The van der Waals surface area contributed by atoms with E-state index in [0.717, 1.165) is 10.0 Å². The highest BCUT2D eigenvalue weighted by Crippen LogP contribution is 2.43. The molecule has 0 heterocycles. The second-order valence-electron chi connectivity index (χ2n) is 3.17. The maximum Gasteiger partial charge on any atom is 0.335 e. The Kier molecular flexibility index (Phi) is 4.76. The number of halogens is 3. The van der Waals surface area contributed by atoms with Gasteiger partial charge in [-0.25, -0.2) is 4.79 Å². The van der Waals surface area contributed by atoms with Crippen molar-refractivity contribution in [2.75, 3.05) is 0 Å². The zero-order valence-electron chi connectivity index (χ0n) is 8.47. The first-order valence-corrected chi connectivity index (χ1v) is 6.74. The Morgan fingerprint density at radius 2 is 1.94 bits per heavy atom. The van der Waals surface area contributed by atoms with Crippen molar-refractivity contribution in [1.82, 2.24) is 0 Å². The van der Waals surface area contributed by atoms with Gasteiger partial charge in [-0.3, -0.25) is 0 Å². The molecule has 0 spiro atoms. The molecule has 0 saturated heterocycles. The van der Waals surface area contributed by atoms with E-state index in [-0.39, 0.29) is 0 Å². The molecule has 0 bridgehead atoms. The molecule has 1 aromatic rings. The molecule has 0 saturated carbocycles. The van der Waals surface area contributed by atoms with Crippen molar-refractivity contribution in [1.29, 1.82) is 0 Å². The van der Waals surface area contributed by atoms with Gasteiger partial charge in [0.15, 0.2) is 0 Å². The number of rotatable bonds is 3. The standard InChI is InChI=1S/C11H9Br3O2/c1-7(2)10(15)16-11(13,14)8-5-3-4-6-9(8)12/h3-6H,1H2,2H3. The predicted molar refractivity (Wildman–Crippen MR) is 74.6 cm³/mol. The summed E-state index contributed by atoms with van der Waals surface area (Å²) in [6.45, 7) is 5.12. The molecule has 0 aliphatic carbocycles. The van der Waals surface area contributed by atoms with E-state index in [0.29, 0.717) is 5.57 Å². The van der Waals surface area contributed by atoms with E-state index in [9.17, 15) is 4.79 Å². The first-order valence-electron chi connectivity index (χ1n) is 4.36. The number of hydrogen-bond acceptors (Lipinski definition) is 2. The summed E-state index contributed by atoms with van der Waals surface area (Å²) in [6, 6.07) is 7.43. The average molecular weight is 413 g/mol. The summed E-state index contributed by atoms with van der Waals surface area (Å²) in [7, 11) is 0. The van der Waals surface area contributed by atoms with Crippen molar-refractivity contribution in [3.63, 3.8) is 0 Å². The lowest BCUT2D eigenvalue weighted by Gasteiger charge is -2.22. The predicted octanol–water partition coefficient (Wildman–Crippen LogP) is 4.47. The third kappa shape index (κ3) is 3.43. The fourth-order valence-corrected chi connectivity index (χ4v) is 3.04. The van der Waals surface area contributed by atoms with E-state index < -0.39 is 9.39 Å². The second-order valence-corrected chi connectivity index (χ2v) is 7.32. The van der Waals surface area contributed by atoms with Crippen LogP contribution >= 0.6 is 47.8 Å². The number of carbonyl (C=O) groups is 1. The molecule has 0 amide bonds. The van der Waals surface area contributed by atoms with E-state index in [2.05, 4.69) is 54.4 Å². The Balaban J connectivity index is 2.98. The van der Waals surface area contributed by atoms with Gasteiger partial charge in [0.25, 0.3) is 0 Å². The van der Waals surface area contributed by atoms with Crippen LogP contribution in [0.3, 0.4) is 0 Å². The third-order valence-electron chi connectivity index (χ3n) is 1.76. The number of alkyl halides is 2. The van der Waals surface area contributed by atoms with Gasteiger partial charge in [-0.15, -0.1) is 0 Å². The van der Waals surface area contributed by atoms with Gasteiger partial charge in [-0.05, 0) is 44.8 Å². The van der Waals surface area contributed by atoms with Crippen LogP contribution in [-0.4, -0.2) is 5.97 Å². The molecule has 2 nitrogen and oxygen atoms in total. The molecule has 0 unspecified atom stereocenters. The molecule has 0 aliphatic rings. The van der Waals surface area contributed by atoms with Crippen LogP contribution in [0.4, 0.5) is 0 Å². The fourth-order valence-electron chi connectivity index (χ4n) is 0.956. The third-order valence-corrected chi connectivity index (χ3v) is 3.63. The first kappa shape index (κ1) is 13.9. The zero-order valence-corrected chi connectivity index (χ0v) is 13.2. The smallest absolute Gasteiger partial charge is 0.335 e. The highest BCUT2D eigenvalue weighted by Gasteiger charge is 2.31. The normalized spacial score (nSPS) is 11.0. The Hall–Kier alpha value is -0.130. The molecule has 0 fully saturated rings. The van der Waals surface area contributed by atoms with Crippen molar-refractivity contribution < 1.29 is 9.53 Å². The van der Waals surface area contributed by atoms with Crippen LogP contribution in [0, 0.1) is 0 Å². The fraction of sp³-hybridized carbons (Fsp3) is 0.182. The van der Waals surface area contributed by atoms with Gasteiger partial charge in [0.05, 0.1) is 0 Å². The largest absolute Gasteiger partial charge is 0.429 e. The topological polar surface area (TPSA) is 26.3 Å². The maximum atomic E-state index is 11.4. The minimum absolute atomic E-state index is 0.343. The Bertz CT molecular complexity index is 427. The Morgan fingerprint density at radius 3 is 2.44 bits per heavy atom. The number of esters is 1. The molecule has 1 aromatic carbocycles. The van der Waals surface area contributed by atoms with Gasteiger partial charge < -0.3 is 4.74 Å². The van der Waals surface area contributed by atoms with E-state index in [1.54, 1.807) is 6.92 Å². The summed E-state index contributed by atoms with van der Waals surface area (Å²) in [6.07, 6.45) is 0. The van der Waals surface area contributed by atoms with Crippen molar-refractivity contribution in [2.45, 2.75) is 10.3 Å². The number of hydrogen-bond donors (Lipinski definition) is 0. The molecule has 0 aromatic heterocycles. The highest BCUT2D eigenvalue weighted by atomic mass is 79.9. The van der Waals surface area contributed by atoms with Crippen LogP contribution in [0.15, 0.2) is 40.9 Å². The van der Waals surface area contributed by atoms with Crippen molar-refractivity contribution in [2.24, 2.45) is 0 Å². The molecular formula is C11H9Br3O2. The molecule has 1 rings (SSSR count). The monoisotopic (exact) mass is 410 g/mol. The molecule has 0 atom stereocenters. The highest BCUT2D eigenvalue weighted by molar-refractivity contribution is 9.24. The van der Waals surface area contributed by atoms with Crippen LogP contribution in [-0.2, 0) is 13.0 Å². The van der Waals surface area contributed by atoms with Crippen LogP contribution in [0.1, 0.15) is 12.5 Å². The number of benzene rings is 1. The van der Waals surface area contributed by atoms with Gasteiger partial charge in [-0.2, -0.15) is 0 Å². The maximum absolute atomic E-state index is 11.4. The number of ether oxygens (including phenoxy) is 1. The Labute approximate surface area is 119 Å². The van der Waals surface area contributed by atoms with Crippen LogP contribution in [0.2, 0.25) is 0 Å². The van der Waals surface area contributed by atoms with Crippen molar-refractivity contribution in [3.8, 4) is 0 Å². The summed E-state index contributed by atoms with van der Waals surface area (Å²) >= 11 is 10.0. The van der Waals surface area contributed by atoms with E-state index in [4.69, 9.17) is 4.74 Å². The van der Waals surface area contributed by atoms with E-state index in [1.165, 1.54) is 0 Å². The number of carbonyl (C=O) groups excluding carboxylic acids is 1. The molecule has 16 heavy (non-hydrogen) atoms. The van der Waals surface area contributed by atoms with Crippen LogP contribution < -0.4 is 0 Å². The van der Waals surface area contributed by atoms with Gasteiger partial charge in [-0.1, -0.05) is 40.7 Å². The van der Waals surface area contributed by atoms with Gasteiger partial charge in [0.2, 0.25) is 3.42 Å². The molecule has 0 radical (unpaired) electrons.